The fraction of sp³-hybridized carbons (Fsp3) is 0.436. The van der Waals surface area contributed by atoms with Gasteiger partial charge in [-0.3, -0.25) is 4.79 Å². The van der Waals surface area contributed by atoms with Crippen LogP contribution in [0.25, 0.3) is 18.2 Å². The summed E-state index contributed by atoms with van der Waals surface area (Å²) in [5, 5.41) is 13.5. The zero-order chi connectivity index (χ0) is 46.4. The Morgan fingerprint density at radius 2 is 1.47 bits per heavy atom. The van der Waals surface area contributed by atoms with Crippen LogP contribution >= 0.6 is 0 Å². The molecule has 338 valence electrons. The van der Waals surface area contributed by atoms with Gasteiger partial charge in [-0.15, -0.1) is 0 Å². The molecule has 9 heteroatoms. The number of rotatable bonds is 19. The molecule has 0 aromatic carbocycles. The Morgan fingerprint density at radius 1 is 0.828 bits per heavy atom. The number of aliphatic imine (C=N–C) groups is 3. The van der Waals surface area contributed by atoms with Gasteiger partial charge >= 0.3 is 11.9 Å². The van der Waals surface area contributed by atoms with E-state index in [1.807, 2.05) is 58.1 Å². The summed E-state index contributed by atoms with van der Waals surface area (Å²) < 4.78 is 10.9. The first-order valence-corrected chi connectivity index (χ1v) is 23.1. The Balaban J connectivity index is 1.26. The second kappa shape index (κ2) is 20.8. The smallest absolute Gasteiger partial charge is 0.331 e. The molecule has 0 unspecified atom stereocenters. The topological polar surface area (TPSA) is 126 Å². The summed E-state index contributed by atoms with van der Waals surface area (Å²) in [6.45, 7) is 27.7. The molecule has 2 N–H and O–H groups in total. The van der Waals surface area contributed by atoms with Gasteiger partial charge in [0.1, 0.15) is 18.3 Å². The standard InChI is InChI=1S/C55H68N4O5/c1-13-39-35(8)42-28-44-37(10)41(24-25-48(60)64-27-26-34(7)23-17-22-33(6)21-16-20-32(5)19-15-18-31(3)4)52(58-44)50-51(55(62)63-12)54(61)49-38(11)45(59-53(49)50)30-47-40(14-2)36(9)43(57-47)29-46(39)56-42/h13-14,24-26,28-33,51,56,61H,1-2,15-23,27H2,3-12H3/b25-24+,34-26+,42-28?,46-29?,47-30?,52-50?/t32-,33-,51-/m1/s1. The number of aromatic amines is 1. The molecular weight excluding hydrogens is 797 g/mol. The number of esters is 2. The molecule has 0 spiro atoms. The van der Waals surface area contributed by atoms with Crippen molar-refractivity contribution in [1.82, 2.24) is 4.98 Å². The third kappa shape index (κ3) is 10.2. The molecule has 0 fully saturated rings. The van der Waals surface area contributed by atoms with Crippen molar-refractivity contribution in [3.8, 4) is 0 Å². The predicted octanol–water partition coefficient (Wildman–Crippen LogP) is 11.2. The molecule has 0 saturated carbocycles. The quantitative estimate of drug-likeness (QED) is 0.0814. The van der Waals surface area contributed by atoms with Gasteiger partial charge in [0.25, 0.3) is 0 Å². The zero-order valence-corrected chi connectivity index (χ0v) is 39.8. The third-order valence-corrected chi connectivity index (χ3v) is 13.4. The summed E-state index contributed by atoms with van der Waals surface area (Å²) in [6.07, 6.45) is 25.7. The van der Waals surface area contributed by atoms with Crippen LogP contribution in [0, 0.1) is 30.6 Å². The molecule has 9 nitrogen and oxygen atoms in total. The second-order valence-corrected chi connectivity index (χ2v) is 18.6. The van der Waals surface area contributed by atoms with Crippen LogP contribution in [0.1, 0.15) is 124 Å². The molecule has 64 heavy (non-hydrogen) atoms. The lowest BCUT2D eigenvalue weighted by Gasteiger charge is -2.15. The number of aromatic nitrogens is 1. The molecule has 5 heterocycles. The number of ether oxygens (including phenoxy) is 2. The summed E-state index contributed by atoms with van der Waals surface area (Å²) in [4.78, 5) is 45.7. The number of carbonyl (C=O) groups is 2. The predicted molar refractivity (Wildman–Crippen MR) is 263 cm³/mol. The van der Waals surface area contributed by atoms with Gasteiger partial charge in [-0.2, -0.15) is 0 Å². The average Bonchev–Trinajstić information content (AvgIpc) is 3.99. The van der Waals surface area contributed by atoms with E-state index in [9.17, 15) is 14.7 Å². The molecular formula is C55H68N4O5. The molecule has 4 aliphatic heterocycles. The lowest BCUT2D eigenvalue weighted by molar-refractivity contribution is -0.143. The highest BCUT2D eigenvalue weighted by molar-refractivity contribution is 6.28. The van der Waals surface area contributed by atoms with Crippen LogP contribution in [-0.2, 0) is 19.1 Å². The van der Waals surface area contributed by atoms with E-state index in [1.54, 1.807) is 12.2 Å². The van der Waals surface area contributed by atoms with Gasteiger partial charge in [0.05, 0.1) is 41.3 Å². The number of aliphatic hydroxyl groups is 1. The van der Waals surface area contributed by atoms with Crippen LogP contribution in [0.3, 0.4) is 0 Å². The number of carbonyl (C=O) groups excluding carboxylic acids is 2. The van der Waals surface area contributed by atoms with Crippen LogP contribution in [0.2, 0.25) is 0 Å². The summed E-state index contributed by atoms with van der Waals surface area (Å²) >= 11 is 0. The number of nitrogens with one attached hydrogen (secondary N) is 1. The van der Waals surface area contributed by atoms with E-state index in [2.05, 4.69) is 52.8 Å². The number of methoxy groups -OCH3 is 1. The van der Waals surface area contributed by atoms with Crippen LogP contribution in [0.4, 0.5) is 0 Å². The van der Waals surface area contributed by atoms with Crippen LogP contribution < -0.4 is 10.7 Å². The minimum Gasteiger partial charge on any atom is -0.510 e. The van der Waals surface area contributed by atoms with Gasteiger partial charge in [0, 0.05) is 44.6 Å². The van der Waals surface area contributed by atoms with Crippen molar-refractivity contribution in [1.29, 1.82) is 0 Å². The Kier molecular flexibility index (Phi) is 15.5. The van der Waals surface area contributed by atoms with Crippen LogP contribution in [0.15, 0.2) is 126 Å². The summed E-state index contributed by atoms with van der Waals surface area (Å²) in [5.74, 6) is -0.202. The average molecular weight is 865 g/mol. The van der Waals surface area contributed by atoms with Crippen molar-refractivity contribution in [2.45, 2.75) is 120 Å². The number of fused-ring (bicyclic) bond motifs is 5. The van der Waals surface area contributed by atoms with Crippen molar-refractivity contribution in [3.05, 3.63) is 133 Å². The van der Waals surface area contributed by atoms with E-state index < -0.39 is 17.9 Å². The van der Waals surface area contributed by atoms with E-state index >= 15 is 0 Å². The Hall–Kier alpha value is -5.83. The van der Waals surface area contributed by atoms with Gasteiger partial charge in [-0.25, -0.2) is 19.8 Å². The van der Waals surface area contributed by atoms with Gasteiger partial charge in [0.15, 0.2) is 0 Å². The first-order valence-electron chi connectivity index (χ1n) is 23.1. The Bertz CT molecular complexity index is 2600. The number of hydrogen-bond acceptors (Lipinski definition) is 8. The summed E-state index contributed by atoms with van der Waals surface area (Å²) in [5.41, 5.74) is 11.3. The molecule has 1 aliphatic carbocycles. The summed E-state index contributed by atoms with van der Waals surface area (Å²) in [6, 6.07) is 0. The normalized spacial score (nSPS) is 19.3. The largest absolute Gasteiger partial charge is 0.510 e. The van der Waals surface area contributed by atoms with Gasteiger partial charge in [-0.1, -0.05) is 104 Å². The molecule has 8 bridgehead atoms. The molecule has 0 radical (unpaired) electrons. The van der Waals surface area contributed by atoms with Crippen molar-refractivity contribution in [3.63, 3.8) is 0 Å². The van der Waals surface area contributed by atoms with E-state index in [4.69, 9.17) is 24.5 Å². The maximum Gasteiger partial charge on any atom is 0.331 e. The van der Waals surface area contributed by atoms with E-state index in [0.29, 0.717) is 56.7 Å². The summed E-state index contributed by atoms with van der Waals surface area (Å²) in [7, 11) is 1.29. The fourth-order valence-corrected chi connectivity index (χ4v) is 9.32. The molecule has 5 aliphatic rings. The van der Waals surface area contributed by atoms with E-state index in [-0.39, 0.29) is 12.4 Å². The first kappa shape index (κ1) is 47.6. The van der Waals surface area contributed by atoms with Gasteiger partial charge < -0.3 is 19.6 Å². The highest BCUT2D eigenvalue weighted by Gasteiger charge is 2.47. The Morgan fingerprint density at radius 3 is 2.12 bits per heavy atom. The maximum atomic E-state index is 13.6. The number of aliphatic hydroxyl groups excluding tert-OH is 1. The van der Waals surface area contributed by atoms with Crippen LogP contribution in [-0.4, -0.2) is 52.9 Å². The lowest BCUT2D eigenvalue weighted by Crippen LogP contribution is -2.20. The first-order chi connectivity index (χ1) is 30.6. The van der Waals surface area contributed by atoms with Gasteiger partial charge in [0.2, 0.25) is 0 Å². The number of nitrogens with zero attached hydrogens (tertiary/aromatic N) is 3. The highest BCUT2D eigenvalue weighted by atomic mass is 16.5. The third-order valence-electron chi connectivity index (χ3n) is 13.4. The van der Waals surface area contributed by atoms with E-state index in [1.165, 1.54) is 63.7 Å². The highest BCUT2D eigenvalue weighted by Crippen LogP contribution is 2.47. The van der Waals surface area contributed by atoms with Gasteiger partial charge in [-0.05, 0) is 118 Å². The number of allylic oxidation sites excluding steroid dienone is 8. The minimum atomic E-state index is -1.19. The molecule has 0 amide bonds. The molecule has 3 atom stereocenters. The maximum absolute atomic E-state index is 13.6. The van der Waals surface area contributed by atoms with Crippen molar-refractivity contribution in [2.24, 2.45) is 38.6 Å². The minimum absolute atomic E-state index is 0.164. The Labute approximate surface area is 380 Å². The van der Waals surface area contributed by atoms with Crippen molar-refractivity contribution < 1.29 is 24.2 Å². The SMILES string of the molecule is C=CC1=C(C)C2=NC1=CC1=C(C)C3=C(O)[C@H](C(=O)OC)C(=C4N=C(C=c5[nH]c(c(C=C)c5C)=C2)C(C)=C4/C=C/C(=O)OC/C=C(\C)CCC[C@H](C)CCC[C@H](C)CCCC(C)C)C3=N1. The number of hydrogen-bond donors (Lipinski definition) is 2. The van der Waals surface area contributed by atoms with Crippen LogP contribution in [0.5, 0.6) is 0 Å². The fourth-order valence-electron chi connectivity index (χ4n) is 9.32. The number of H-pyrrole nitrogens is 1. The van der Waals surface area contributed by atoms with Crippen molar-refractivity contribution >= 4 is 47.3 Å². The molecule has 0 saturated heterocycles. The molecule has 1 aromatic heterocycles. The van der Waals surface area contributed by atoms with Crippen molar-refractivity contribution in [2.75, 3.05) is 13.7 Å². The monoisotopic (exact) mass is 865 g/mol. The molecule has 1 aromatic rings. The second-order valence-electron chi connectivity index (χ2n) is 18.6. The van der Waals surface area contributed by atoms with E-state index in [0.717, 1.165) is 68.9 Å². The lowest BCUT2D eigenvalue weighted by atomic mass is 9.91. The molecule has 6 rings (SSSR count). The zero-order valence-electron chi connectivity index (χ0n) is 39.8.